The summed E-state index contributed by atoms with van der Waals surface area (Å²) in [5, 5.41) is 19.8. The van der Waals surface area contributed by atoms with Gasteiger partial charge in [-0.15, -0.1) is 11.8 Å². The van der Waals surface area contributed by atoms with E-state index < -0.39 is 46.5 Å². The van der Waals surface area contributed by atoms with Gasteiger partial charge in [-0.25, -0.2) is 9.59 Å². The summed E-state index contributed by atoms with van der Waals surface area (Å²) in [6.45, 7) is 1.97. The standard InChI is InChI=1S/C25H28N6O7S/c1-4-38-24(34)15-5-9-16(10-6-15)26-18(32)13-39-22-19-21(29(2)25(35)30(3)23(19)33)27-20(28-22)14-7-11-17(12-8-14)31(36)37/h5-12,19-22,27-28H,4,13H2,1-3H3,(H,26,32). The normalized spacial score (nSPS) is 22.7. The SMILES string of the molecule is CCOC(=O)c1ccc(NC(=O)CSC2NC(c3ccc([N+](=O)[O-])cc3)NC3C2C(=O)N(C)C(=O)N3C)cc1. The first-order chi connectivity index (χ1) is 18.6. The number of nitrogens with one attached hydrogen (secondary N) is 3. The van der Waals surface area contributed by atoms with Crippen LogP contribution < -0.4 is 16.0 Å². The van der Waals surface area contributed by atoms with E-state index in [4.69, 9.17) is 4.74 Å². The van der Waals surface area contributed by atoms with E-state index in [9.17, 15) is 29.3 Å². The fraction of sp³-hybridized carbons (Fsp3) is 0.360. The van der Waals surface area contributed by atoms with Crippen LogP contribution in [0.2, 0.25) is 0 Å². The van der Waals surface area contributed by atoms with E-state index in [2.05, 4.69) is 16.0 Å². The van der Waals surface area contributed by atoms with Gasteiger partial charge in [0.25, 0.3) is 5.69 Å². The Hall–Kier alpha value is -4.01. The van der Waals surface area contributed by atoms with Crippen LogP contribution in [-0.2, 0) is 14.3 Å². The number of rotatable bonds is 8. The molecular formula is C25H28N6O7S. The third-order valence-electron chi connectivity index (χ3n) is 6.47. The summed E-state index contributed by atoms with van der Waals surface area (Å²) >= 11 is 1.21. The number of non-ortho nitro benzene ring substituents is 1. The molecule has 0 saturated carbocycles. The van der Waals surface area contributed by atoms with Crippen LogP contribution in [0.1, 0.15) is 29.0 Å². The van der Waals surface area contributed by atoms with Crippen LogP contribution in [0.15, 0.2) is 48.5 Å². The zero-order valence-electron chi connectivity index (χ0n) is 21.5. The van der Waals surface area contributed by atoms with E-state index in [-0.39, 0.29) is 24.0 Å². The van der Waals surface area contributed by atoms with Crippen LogP contribution in [0.3, 0.4) is 0 Å². The molecule has 0 spiro atoms. The first kappa shape index (κ1) is 28.0. The number of nitrogens with zero attached hydrogens (tertiary/aromatic N) is 3. The molecule has 0 bridgehead atoms. The molecule has 2 fully saturated rings. The number of nitro benzene ring substituents is 1. The number of hydrogen-bond donors (Lipinski definition) is 3. The highest BCUT2D eigenvalue weighted by Gasteiger charge is 2.51. The van der Waals surface area contributed by atoms with Crippen molar-refractivity contribution in [3.63, 3.8) is 0 Å². The maximum absolute atomic E-state index is 13.1. The maximum Gasteiger partial charge on any atom is 0.338 e. The fourth-order valence-corrected chi connectivity index (χ4v) is 5.55. The van der Waals surface area contributed by atoms with Gasteiger partial charge in [0.1, 0.15) is 0 Å². The van der Waals surface area contributed by atoms with Gasteiger partial charge in [-0.2, -0.15) is 0 Å². The lowest BCUT2D eigenvalue weighted by Crippen LogP contribution is -2.72. The molecule has 4 amide bonds. The molecule has 0 radical (unpaired) electrons. The summed E-state index contributed by atoms with van der Waals surface area (Å²) in [5.41, 5.74) is 1.47. The molecule has 14 heteroatoms. The first-order valence-corrected chi connectivity index (χ1v) is 13.1. The van der Waals surface area contributed by atoms with Gasteiger partial charge < -0.3 is 15.0 Å². The molecule has 2 aromatic carbocycles. The Labute approximate surface area is 228 Å². The van der Waals surface area contributed by atoms with Crippen LogP contribution in [0.25, 0.3) is 0 Å². The summed E-state index contributed by atoms with van der Waals surface area (Å²) in [5.74, 6) is -1.88. The lowest BCUT2D eigenvalue weighted by Gasteiger charge is -2.50. The Morgan fingerprint density at radius 3 is 2.36 bits per heavy atom. The zero-order chi connectivity index (χ0) is 28.3. The quantitative estimate of drug-likeness (QED) is 0.249. The van der Waals surface area contributed by atoms with Crippen LogP contribution in [-0.4, -0.2) is 76.5 Å². The second-order valence-electron chi connectivity index (χ2n) is 8.95. The molecule has 4 unspecified atom stereocenters. The number of carbonyl (C=O) groups excluding carboxylic acids is 4. The number of urea groups is 1. The van der Waals surface area contributed by atoms with Crippen molar-refractivity contribution in [2.45, 2.75) is 24.6 Å². The number of fused-ring (bicyclic) bond motifs is 1. The third kappa shape index (κ3) is 6.02. The summed E-state index contributed by atoms with van der Waals surface area (Å²) in [4.78, 5) is 63.4. The summed E-state index contributed by atoms with van der Waals surface area (Å²) in [6, 6.07) is 11.8. The van der Waals surface area contributed by atoms with E-state index >= 15 is 0 Å². The molecule has 2 aliphatic rings. The highest BCUT2D eigenvalue weighted by molar-refractivity contribution is 8.00. The van der Waals surface area contributed by atoms with Gasteiger partial charge in [-0.3, -0.25) is 35.2 Å². The minimum Gasteiger partial charge on any atom is -0.462 e. The Morgan fingerprint density at radius 2 is 1.74 bits per heavy atom. The molecule has 4 atom stereocenters. The van der Waals surface area contributed by atoms with Crippen LogP contribution in [0, 0.1) is 16.0 Å². The monoisotopic (exact) mass is 556 g/mol. The minimum atomic E-state index is -0.700. The van der Waals surface area contributed by atoms with Crippen molar-refractivity contribution in [1.82, 2.24) is 20.4 Å². The molecule has 13 nitrogen and oxygen atoms in total. The van der Waals surface area contributed by atoms with E-state index in [0.717, 1.165) is 4.90 Å². The smallest absolute Gasteiger partial charge is 0.338 e. The Kier molecular flexibility index (Phi) is 8.47. The number of imide groups is 1. The number of benzene rings is 2. The molecule has 2 saturated heterocycles. The molecule has 206 valence electrons. The number of anilines is 1. The Bertz CT molecular complexity index is 1270. The number of ether oxygens (including phenoxy) is 1. The molecule has 0 aliphatic carbocycles. The van der Waals surface area contributed by atoms with Crippen LogP contribution in [0.4, 0.5) is 16.2 Å². The van der Waals surface area contributed by atoms with Crippen LogP contribution >= 0.6 is 11.8 Å². The lowest BCUT2D eigenvalue weighted by molar-refractivity contribution is -0.384. The van der Waals surface area contributed by atoms with Gasteiger partial charge in [0.15, 0.2) is 0 Å². The van der Waals surface area contributed by atoms with E-state index in [0.29, 0.717) is 16.8 Å². The van der Waals surface area contributed by atoms with E-state index in [1.54, 1.807) is 50.4 Å². The van der Waals surface area contributed by atoms with E-state index in [1.165, 1.54) is 35.8 Å². The predicted molar refractivity (Wildman–Crippen MR) is 143 cm³/mol. The zero-order valence-corrected chi connectivity index (χ0v) is 22.3. The number of nitro groups is 1. The average molecular weight is 557 g/mol. The molecule has 2 aromatic rings. The van der Waals surface area contributed by atoms with Gasteiger partial charge >= 0.3 is 12.0 Å². The fourth-order valence-electron chi connectivity index (χ4n) is 4.45. The highest BCUT2D eigenvalue weighted by Crippen LogP contribution is 2.34. The molecular weight excluding hydrogens is 528 g/mol. The van der Waals surface area contributed by atoms with Crippen LogP contribution in [0.5, 0.6) is 0 Å². The number of carbonyl (C=O) groups is 4. The van der Waals surface area contributed by atoms with Gasteiger partial charge in [0, 0.05) is 31.9 Å². The Balaban J connectivity index is 1.48. The first-order valence-electron chi connectivity index (χ1n) is 12.1. The average Bonchev–Trinajstić information content (AvgIpc) is 2.93. The van der Waals surface area contributed by atoms with Gasteiger partial charge in [-0.1, -0.05) is 0 Å². The van der Waals surface area contributed by atoms with Crippen molar-refractivity contribution in [2.75, 3.05) is 31.8 Å². The lowest BCUT2D eigenvalue weighted by atomic mass is 9.96. The largest absolute Gasteiger partial charge is 0.462 e. The summed E-state index contributed by atoms with van der Waals surface area (Å²) in [7, 11) is 3.00. The van der Waals surface area contributed by atoms with Crippen molar-refractivity contribution < 1.29 is 28.8 Å². The van der Waals surface area contributed by atoms with Crippen molar-refractivity contribution in [1.29, 1.82) is 0 Å². The number of esters is 1. The molecule has 4 rings (SSSR count). The summed E-state index contributed by atoms with van der Waals surface area (Å²) < 4.78 is 4.96. The second kappa shape index (κ2) is 11.8. The van der Waals surface area contributed by atoms with Gasteiger partial charge in [0.05, 0.1) is 46.5 Å². The number of hydrogen-bond acceptors (Lipinski definition) is 10. The highest BCUT2D eigenvalue weighted by atomic mass is 32.2. The summed E-state index contributed by atoms with van der Waals surface area (Å²) in [6.07, 6.45) is -1.21. The minimum absolute atomic E-state index is 0.0118. The third-order valence-corrected chi connectivity index (χ3v) is 7.68. The number of amides is 4. The predicted octanol–water partition coefficient (Wildman–Crippen LogP) is 2.13. The molecule has 2 heterocycles. The molecule has 0 aromatic heterocycles. The Morgan fingerprint density at radius 1 is 1.08 bits per heavy atom. The van der Waals surface area contributed by atoms with Crippen molar-refractivity contribution >= 4 is 47.0 Å². The second-order valence-corrected chi connectivity index (χ2v) is 10.1. The maximum atomic E-state index is 13.1. The number of thioether (sulfide) groups is 1. The molecule has 3 N–H and O–H groups in total. The van der Waals surface area contributed by atoms with Crippen molar-refractivity contribution in [3.05, 3.63) is 69.8 Å². The van der Waals surface area contributed by atoms with Crippen molar-refractivity contribution in [3.8, 4) is 0 Å². The topological polar surface area (TPSA) is 163 Å². The van der Waals surface area contributed by atoms with Gasteiger partial charge in [-0.05, 0) is 48.9 Å². The molecule has 39 heavy (non-hydrogen) atoms. The van der Waals surface area contributed by atoms with Gasteiger partial charge in [0.2, 0.25) is 11.8 Å². The van der Waals surface area contributed by atoms with E-state index in [1.807, 2.05) is 0 Å². The molecule has 2 aliphatic heterocycles. The van der Waals surface area contributed by atoms with Crippen molar-refractivity contribution in [2.24, 2.45) is 5.92 Å².